The molecule has 0 radical (unpaired) electrons. The summed E-state index contributed by atoms with van der Waals surface area (Å²) < 4.78 is 0.968. The lowest BCUT2D eigenvalue weighted by atomic mass is 10.2. The molecule has 0 aliphatic rings. The Kier molecular flexibility index (Phi) is 2.43. The van der Waals surface area contributed by atoms with E-state index in [-0.39, 0.29) is 10.6 Å². The monoisotopic (exact) mass is 264 g/mol. The van der Waals surface area contributed by atoms with E-state index in [9.17, 15) is 10.1 Å². The van der Waals surface area contributed by atoms with Crippen LogP contribution in [0.15, 0.2) is 18.2 Å². The van der Waals surface area contributed by atoms with Gasteiger partial charge in [-0.05, 0) is 13.0 Å². The van der Waals surface area contributed by atoms with Crippen LogP contribution in [0, 0.1) is 20.6 Å². The van der Waals surface area contributed by atoms with Crippen LogP contribution in [0.5, 0.6) is 0 Å². The van der Waals surface area contributed by atoms with Gasteiger partial charge < -0.3 is 0 Å². The van der Waals surface area contributed by atoms with E-state index in [2.05, 4.69) is 0 Å². The predicted molar refractivity (Wildman–Crippen MR) is 37.9 cm³/mol. The highest BCUT2D eigenvalue weighted by Gasteiger charge is 2.14. The van der Waals surface area contributed by atoms with Crippen molar-refractivity contribution < 1.29 is 27.5 Å². The van der Waals surface area contributed by atoms with Crippen molar-refractivity contribution in [2.24, 2.45) is 0 Å². The molecule has 0 saturated carbocycles. The number of halogens is 1. The van der Waals surface area contributed by atoms with Gasteiger partial charge in [-0.2, -0.15) is 0 Å². The van der Waals surface area contributed by atoms with E-state index in [0.29, 0.717) is 0 Å². The summed E-state index contributed by atoms with van der Waals surface area (Å²) in [6.45, 7) is 1.76. The molecule has 3 nitrogen and oxygen atoms in total. The van der Waals surface area contributed by atoms with Gasteiger partial charge in [0, 0.05) is 6.07 Å². The molecule has 0 heterocycles. The molecule has 11 heavy (non-hydrogen) atoms. The van der Waals surface area contributed by atoms with Gasteiger partial charge in [0.2, 0.25) is 0 Å². The number of nitro benzene ring substituents is 1. The molecule has 0 unspecified atom stereocenters. The minimum Gasteiger partial charge on any atom is -0.258 e. The Morgan fingerprint density at radius 3 is 2.64 bits per heavy atom. The second-order valence-corrected chi connectivity index (χ2v) is 3.41. The van der Waals surface area contributed by atoms with E-state index >= 15 is 0 Å². The van der Waals surface area contributed by atoms with E-state index < -0.39 is 0 Å². The summed E-state index contributed by atoms with van der Waals surface area (Å²) in [6.07, 6.45) is 0. The molecule has 0 atom stereocenters. The lowest BCUT2D eigenvalue weighted by Gasteiger charge is -1.93. The molecule has 0 fully saturated rings. The van der Waals surface area contributed by atoms with Gasteiger partial charge in [0.15, 0.2) is 3.57 Å². The summed E-state index contributed by atoms with van der Waals surface area (Å²) in [5.41, 5.74) is 0.954. The van der Waals surface area contributed by atoms with Gasteiger partial charge in [-0.15, -0.1) is 0 Å². The molecule has 58 valence electrons. The molecule has 0 bridgehead atoms. The van der Waals surface area contributed by atoms with Crippen molar-refractivity contribution >= 4 is 5.69 Å². The molecule has 0 aromatic heterocycles. The predicted octanol–water partition coefficient (Wildman–Crippen LogP) is -1.64. The standard InChI is InChI=1S/C7H7INO2/c1-5-6(8)3-2-4-7(5)9(10)11/h2-4,8H,1H3/q+1. The van der Waals surface area contributed by atoms with Gasteiger partial charge >= 0.3 is 0 Å². The zero-order valence-corrected chi connectivity index (χ0v) is 8.23. The lowest BCUT2D eigenvalue weighted by molar-refractivity contribution is -0.388. The molecule has 0 N–H and O–H groups in total. The number of benzene rings is 1. The summed E-state index contributed by atoms with van der Waals surface area (Å²) in [7, 11) is 0. The van der Waals surface area contributed by atoms with Crippen molar-refractivity contribution in [1.82, 2.24) is 0 Å². The van der Waals surface area contributed by atoms with Gasteiger partial charge in [-0.3, -0.25) is 10.1 Å². The van der Waals surface area contributed by atoms with E-state index in [1.54, 1.807) is 35.6 Å². The fourth-order valence-corrected chi connectivity index (χ4v) is 1.32. The summed E-state index contributed by atoms with van der Waals surface area (Å²) in [6, 6.07) is 5.08. The molecule has 0 amide bonds. The van der Waals surface area contributed by atoms with E-state index in [0.717, 1.165) is 9.13 Å². The average molecular weight is 264 g/mol. The van der Waals surface area contributed by atoms with Crippen molar-refractivity contribution in [2.45, 2.75) is 6.92 Å². The molecular weight excluding hydrogens is 257 g/mol. The molecular formula is C7H7INO2+. The van der Waals surface area contributed by atoms with Crippen LogP contribution in [0.1, 0.15) is 5.56 Å². The molecule has 0 saturated heterocycles. The third-order valence-corrected chi connectivity index (χ3v) is 2.71. The highest BCUT2D eigenvalue weighted by Crippen LogP contribution is 2.15. The maximum absolute atomic E-state index is 10.4. The third kappa shape index (κ3) is 1.68. The summed E-state index contributed by atoms with van der Waals surface area (Å²) in [4.78, 5) is 10.0. The van der Waals surface area contributed by atoms with Crippen LogP contribution in [0.4, 0.5) is 5.69 Å². The van der Waals surface area contributed by atoms with Crippen molar-refractivity contribution in [3.05, 3.63) is 37.4 Å². The Morgan fingerprint density at radius 2 is 2.18 bits per heavy atom. The molecule has 0 aliphatic heterocycles. The van der Waals surface area contributed by atoms with Crippen LogP contribution in [-0.4, -0.2) is 4.92 Å². The smallest absolute Gasteiger partial charge is 0.258 e. The van der Waals surface area contributed by atoms with E-state index in [1.165, 1.54) is 6.07 Å². The van der Waals surface area contributed by atoms with Crippen LogP contribution >= 0.6 is 0 Å². The van der Waals surface area contributed by atoms with Crippen LogP contribution in [-0.2, 0) is 0 Å². The van der Waals surface area contributed by atoms with E-state index in [1.807, 2.05) is 6.07 Å². The Hall–Kier alpha value is -0.650. The molecule has 0 spiro atoms. The average Bonchev–Trinajstić information content (AvgIpc) is 1.94. The van der Waals surface area contributed by atoms with Gasteiger partial charge in [-0.25, -0.2) is 0 Å². The summed E-state index contributed by atoms with van der Waals surface area (Å²) >= 11 is 1.79. The second kappa shape index (κ2) is 3.17. The number of hydrogen-bond acceptors (Lipinski definition) is 2. The van der Waals surface area contributed by atoms with Crippen molar-refractivity contribution in [1.29, 1.82) is 0 Å². The maximum Gasteiger partial charge on any atom is 0.297 e. The highest BCUT2D eigenvalue weighted by atomic mass is 127. The van der Waals surface area contributed by atoms with Crippen molar-refractivity contribution in [2.75, 3.05) is 0 Å². The van der Waals surface area contributed by atoms with Crippen LogP contribution in [0.3, 0.4) is 0 Å². The van der Waals surface area contributed by atoms with Crippen LogP contribution in [0.25, 0.3) is 0 Å². The Labute approximate surface area is 77.7 Å². The number of nitro groups is 1. The lowest BCUT2D eigenvalue weighted by Crippen LogP contribution is -3.34. The quantitative estimate of drug-likeness (QED) is 0.347. The number of hydrogen-bond donors (Lipinski definition) is 0. The number of rotatable bonds is 1. The largest absolute Gasteiger partial charge is 0.297 e. The first-order valence-corrected chi connectivity index (χ1v) is 4.20. The van der Waals surface area contributed by atoms with E-state index in [4.69, 9.17) is 0 Å². The van der Waals surface area contributed by atoms with Crippen molar-refractivity contribution in [3.63, 3.8) is 0 Å². The SMILES string of the molecule is Cc1c([IH+])cccc1[N+](=O)[O-]. The second-order valence-electron chi connectivity index (χ2n) is 2.16. The zero-order chi connectivity index (χ0) is 8.43. The van der Waals surface area contributed by atoms with Crippen LogP contribution in [0.2, 0.25) is 0 Å². The van der Waals surface area contributed by atoms with Gasteiger partial charge in [0.25, 0.3) is 28.3 Å². The van der Waals surface area contributed by atoms with Crippen LogP contribution < -0.4 is 22.6 Å². The molecule has 0 aliphatic carbocycles. The summed E-state index contributed by atoms with van der Waals surface area (Å²) in [5.74, 6) is 0. The minimum absolute atomic E-state index is 0.202. The molecule has 1 rings (SSSR count). The maximum atomic E-state index is 10.4. The Morgan fingerprint density at radius 1 is 1.55 bits per heavy atom. The summed E-state index contributed by atoms with van der Waals surface area (Å²) in [5, 5.41) is 10.4. The normalized spacial score (nSPS) is 9.64. The fourth-order valence-electron chi connectivity index (χ4n) is 0.801. The highest BCUT2D eigenvalue weighted by molar-refractivity contribution is 5.37. The Balaban J connectivity index is 3.27. The molecule has 4 heteroatoms. The third-order valence-electron chi connectivity index (χ3n) is 1.45. The van der Waals surface area contributed by atoms with Gasteiger partial charge in [0.1, 0.15) is 0 Å². The first-order valence-electron chi connectivity index (χ1n) is 3.04. The molecule has 1 aromatic carbocycles. The first kappa shape index (κ1) is 8.45. The molecule has 1 aromatic rings. The van der Waals surface area contributed by atoms with Crippen molar-refractivity contribution in [3.8, 4) is 0 Å². The van der Waals surface area contributed by atoms with Gasteiger partial charge in [0.05, 0.1) is 10.5 Å². The van der Waals surface area contributed by atoms with Gasteiger partial charge in [-0.1, -0.05) is 6.07 Å². The minimum atomic E-state index is -0.357. The zero-order valence-electron chi connectivity index (χ0n) is 5.90. The fraction of sp³-hybridized carbons (Fsp3) is 0.143. The number of nitrogens with zero attached hydrogens (tertiary/aromatic N) is 1. The topological polar surface area (TPSA) is 43.1 Å². The first-order chi connectivity index (χ1) is 5.13. The Bertz CT molecular complexity index is 298.